The van der Waals surface area contributed by atoms with E-state index in [9.17, 15) is 0 Å². The highest BCUT2D eigenvalue weighted by Gasteiger charge is 2.26. The van der Waals surface area contributed by atoms with Crippen molar-refractivity contribution in [2.45, 2.75) is 44.3 Å². The lowest BCUT2D eigenvalue weighted by Crippen LogP contribution is -2.52. The first-order valence-electron chi connectivity index (χ1n) is 11.2. The average Bonchev–Trinajstić information content (AvgIpc) is 3.41. The minimum atomic E-state index is 0. The van der Waals surface area contributed by atoms with E-state index in [1.165, 1.54) is 43.5 Å². The van der Waals surface area contributed by atoms with E-state index >= 15 is 0 Å². The Bertz CT molecular complexity index is 822. The Morgan fingerprint density at radius 2 is 1.97 bits per heavy atom. The first-order valence-corrected chi connectivity index (χ1v) is 11.2. The molecule has 8 heteroatoms. The van der Waals surface area contributed by atoms with Gasteiger partial charge < -0.3 is 15.5 Å². The van der Waals surface area contributed by atoms with E-state index in [2.05, 4.69) is 67.1 Å². The second-order valence-electron chi connectivity index (χ2n) is 8.51. The Balaban J connectivity index is 0.00000272. The van der Waals surface area contributed by atoms with Crippen LogP contribution in [0.25, 0.3) is 0 Å². The van der Waals surface area contributed by atoms with Crippen LogP contribution in [0.1, 0.15) is 31.2 Å². The third kappa shape index (κ3) is 6.58. The summed E-state index contributed by atoms with van der Waals surface area (Å²) in [6.07, 6.45) is 8.91. The van der Waals surface area contributed by atoms with E-state index in [1.54, 1.807) is 0 Å². The number of halogens is 1. The van der Waals surface area contributed by atoms with Crippen LogP contribution in [0.4, 0.5) is 5.69 Å². The van der Waals surface area contributed by atoms with Crippen LogP contribution in [0, 0.1) is 0 Å². The molecule has 7 nitrogen and oxygen atoms in total. The number of benzene rings is 1. The maximum Gasteiger partial charge on any atom is 0.191 e. The molecule has 2 aliphatic heterocycles. The monoisotopic (exact) mass is 537 g/mol. The Labute approximate surface area is 203 Å². The number of nitrogens with zero attached hydrogens (tertiary/aromatic N) is 5. The summed E-state index contributed by atoms with van der Waals surface area (Å²) in [4.78, 5) is 9.51. The summed E-state index contributed by atoms with van der Waals surface area (Å²) in [5.74, 6) is 0.916. The number of aromatic nitrogens is 2. The van der Waals surface area contributed by atoms with Crippen molar-refractivity contribution in [1.82, 2.24) is 25.3 Å². The number of nitrogens with one attached hydrogen (secondary N) is 2. The maximum atomic E-state index is 4.49. The number of hydrogen-bond acceptors (Lipinski definition) is 4. The van der Waals surface area contributed by atoms with Crippen LogP contribution < -0.4 is 15.5 Å². The summed E-state index contributed by atoms with van der Waals surface area (Å²) in [7, 11) is 3.84. The van der Waals surface area contributed by atoms with Crippen LogP contribution in [0.15, 0.2) is 47.7 Å². The summed E-state index contributed by atoms with van der Waals surface area (Å²) < 4.78 is 1.87. The fraction of sp³-hybridized carbons (Fsp3) is 0.565. The molecule has 2 saturated heterocycles. The number of piperidine rings is 1. The van der Waals surface area contributed by atoms with Gasteiger partial charge in [0.2, 0.25) is 0 Å². The summed E-state index contributed by atoms with van der Waals surface area (Å²) in [6.45, 7) is 5.21. The zero-order chi connectivity index (χ0) is 20.8. The molecular weight excluding hydrogens is 501 g/mol. The molecule has 0 spiro atoms. The fourth-order valence-electron chi connectivity index (χ4n) is 4.66. The molecule has 2 aliphatic rings. The minimum Gasteiger partial charge on any atom is -0.367 e. The normalized spacial score (nSPS) is 22.3. The third-order valence-corrected chi connectivity index (χ3v) is 6.27. The van der Waals surface area contributed by atoms with Gasteiger partial charge in [0.1, 0.15) is 0 Å². The quantitative estimate of drug-likeness (QED) is 0.337. The van der Waals surface area contributed by atoms with Gasteiger partial charge in [-0.25, -0.2) is 0 Å². The van der Waals surface area contributed by atoms with Gasteiger partial charge in [-0.15, -0.1) is 24.0 Å². The molecule has 1 aromatic carbocycles. The lowest BCUT2D eigenvalue weighted by molar-refractivity contribution is 0.245. The molecule has 1 aromatic heterocycles. The Kier molecular flexibility index (Phi) is 9.01. The molecule has 0 amide bonds. The van der Waals surface area contributed by atoms with Gasteiger partial charge in [-0.1, -0.05) is 30.3 Å². The first kappa shape index (κ1) is 23.8. The molecule has 0 aliphatic carbocycles. The summed E-state index contributed by atoms with van der Waals surface area (Å²) in [5.41, 5.74) is 2.60. The molecule has 0 bridgehead atoms. The number of aliphatic imine (C=N–C) groups is 1. The zero-order valence-corrected chi connectivity index (χ0v) is 21.0. The van der Waals surface area contributed by atoms with Crippen LogP contribution in [0.2, 0.25) is 0 Å². The van der Waals surface area contributed by atoms with Crippen molar-refractivity contribution in [3.63, 3.8) is 0 Å². The lowest BCUT2D eigenvalue weighted by Gasteiger charge is -2.34. The predicted molar refractivity (Wildman–Crippen MR) is 138 cm³/mol. The fourth-order valence-corrected chi connectivity index (χ4v) is 4.66. The SMILES string of the molecule is CN=C(NCC1CCCN1Cc1ccccc1)NC1CCCN(c2cnn(C)c2)C1.I. The third-order valence-electron chi connectivity index (χ3n) is 6.27. The van der Waals surface area contributed by atoms with E-state index in [-0.39, 0.29) is 24.0 Å². The van der Waals surface area contributed by atoms with Gasteiger partial charge in [-0.05, 0) is 37.8 Å². The zero-order valence-electron chi connectivity index (χ0n) is 18.7. The highest BCUT2D eigenvalue weighted by atomic mass is 127. The lowest BCUT2D eigenvalue weighted by atomic mass is 10.1. The van der Waals surface area contributed by atoms with Crippen molar-refractivity contribution in [1.29, 1.82) is 0 Å². The maximum absolute atomic E-state index is 4.49. The summed E-state index contributed by atoms with van der Waals surface area (Å²) in [5, 5.41) is 11.6. The van der Waals surface area contributed by atoms with Crippen molar-refractivity contribution in [2.75, 3.05) is 38.1 Å². The van der Waals surface area contributed by atoms with Crippen molar-refractivity contribution >= 4 is 35.6 Å². The van der Waals surface area contributed by atoms with Crippen LogP contribution in [0.3, 0.4) is 0 Å². The Morgan fingerprint density at radius 3 is 2.71 bits per heavy atom. The molecule has 2 unspecified atom stereocenters. The van der Waals surface area contributed by atoms with E-state index in [1.807, 2.05) is 25.0 Å². The second kappa shape index (κ2) is 11.7. The van der Waals surface area contributed by atoms with E-state index < -0.39 is 0 Å². The van der Waals surface area contributed by atoms with Gasteiger partial charge in [0, 0.05) is 58.6 Å². The van der Waals surface area contributed by atoms with Gasteiger partial charge in [-0.3, -0.25) is 14.6 Å². The summed E-state index contributed by atoms with van der Waals surface area (Å²) in [6, 6.07) is 11.7. The van der Waals surface area contributed by atoms with Crippen LogP contribution in [-0.4, -0.2) is 66.0 Å². The Hall–Kier alpha value is -1.81. The average molecular weight is 537 g/mol. The van der Waals surface area contributed by atoms with Crippen molar-refractivity contribution in [3.05, 3.63) is 48.3 Å². The molecule has 2 N–H and O–H groups in total. The van der Waals surface area contributed by atoms with Gasteiger partial charge in [-0.2, -0.15) is 5.10 Å². The molecule has 0 saturated carbocycles. The number of guanidine groups is 1. The number of rotatable bonds is 6. The van der Waals surface area contributed by atoms with Gasteiger partial charge in [0.05, 0.1) is 11.9 Å². The molecule has 3 heterocycles. The number of aryl methyl sites for hydroxylation is 1. The minimum absolute atomic E-state index is 0. The van der Waals surface area contributed by atoms with Gasteiger partial charge in [0.25, 0.3) is 0 Å². The largest absolute Gasteiger partial charge is 0.367 e. The Morgan fingerprint density at radius 1 is 1.16 bits per heavy atom. The predicted octanol–water partition coefficient (Wildman–Crippen LogP) is 2.84. The molecule has 2 atom stereocenters. The van der Waals surface area contributed by atoms with E-state index in [0.29, 0.717) is 12.1 Å². The van der Waals surface area contributed by atoms with E-state index in [0.717, 1.165) is 32.1 Å². The topological polar surface area (TPSA) is 60.7 Å². The van der Waals surface area contributed by atoms with Crippen molar-refractivity contribution in [2.24, 2.45) is 12.0 Å². The molecule has 31 heavy (non-hydrogen) atoms. The molecular formula is C23H36IN7. The van der Waals surface area contributed by atoms with Gasteiger partial charge >= 0.3 is 0 Å². The van der Waals surface area contributed by atoms with Crippen LogP contribution >= 0.6 is 24.0 Å². The molecule has 0 radical (unpaired) electrons. The number of anilines is 1. The highest BCUT2D eigenvalue weighted by molar-refractivity contribution is 14.0. The van der Waals surface area contributed by atoms with Crippen molar-refractivity contribution < 1.29 is 0 Å². The molecule has 2 fully saturated rings. The number of likely N-dealkylation sites (tertiary alicyclic amines) is 1. The first-order chi connectivity index (χ1) is 14.7. The summed E-state index contributed by atoms with van der Waals surface area (Å²) >= 11 is 0. The second-order valence-corrected chi connectivity index (χ2v) is 8.51. The number of hydrogen-bond donors (Lipinski definition) is 2. The smallest absolute Gasteiger partial charge is 0.191 e. The standard InChI is InChI=1S/C23H35N7.HI/c1-24-23(27-20-10-6-12-30(17-20)22-15-26-28(2)18-22)25-14-21-11-7-13-29(21)16-19-8-4-3-5-9-19;/h3-5,8-9,15,18,20-21H,6-7,10-14,16-17H2,1-2H3,(H2,24,25,27);1H. The van der Waals surface area contributed by atoms with E-state index in [4.69, 9.17) is 0 Å². The molecule has 2 aromatic rings. The highest BCUT2D eigenvalue weighted by Crippen LogP contribution is 2.20. The van der Waals surface area contributed by atoms with Crippen molar-refractivity contribution in [3.8, 4) is 0 Å². The van der Waals surface area contributed by atoms with Gasteiger partial charge in [0.15, 0.2) is 5.96 Å². The van der Waals surface area contributed by atoms with Crippen LogP contribution in [-0.2, 0) is 13.6 Å². The molecule has 4 rings (SSSR count). The van der Waals surface area contributed by atoms with Crippen LogP contribution in [0.5, 0.6) is 0 Å². The molecule has 170 valence electrons.